The second kappa shape index (κ2) is 4.49. The molecule has 1 fully saturated rings. The lowest BCUT2D eigenvalue weighted by Gasteiger charge is -2.44. The standard InChI is InChI=1S/C16H23NO/c1-4-12-5-6-14-13(9-12)17-16-11(3)7-10(2)8-15(16)18-14/h5-6,9-11,15-17H,4,7-8H2,1-3H3. The third kappa shape index (κ3) is 1.98. The van der Waals surface area contributed by atoms with Gasteiger partial charge in [0.1, 0.15) is 11.9 Å². The maximum atomic E-state index is 6.21. The van der Waals surface area contributed by atoms with Crippen LogP contribution in [-0.2, 0) is 6.42 Å². The minimum absolute atomic E-state index is 0.351. The zero-order chi connectivity index (χ0) is 12.7. The van der Waals surface area contributed by atoms with Gasteiger partial charge in [-0.15, -0.1) is 0 Å². The van der Waals surface area contributed by atoms with Gasteiger partial charge in [-0.3, -0.25) is 0 Å². The van der Waals surface area contributed by atoms with Crippen LogP contribution in [0.2, 0.25) is 0 Å². The van der Waals surface area contributed by atoms with E-state index in [1.165, 1.54) is 24.1 Å². The first-order chi connectivity index (χ1) is 8.67. The number of ether oxygens (including phenoxy) is 1. The molecule has 2 heteroatoms. The topological polar surface area (TPSA) is 21.3 Å². The molecule has 1 aliphatic heterocycles. The molecule has 1 aromatic rings. The minimum Gasteiger partial charge on any atom is -0.486 e. The Morgan fingerprint density at radius 2 is 2.11 bits per heavy atom. The minimum atomic E-state index is 0.351. The molecule has 2 nitrogen and oxygen atoms in total. The highest BCUT2D eigenvalue weighted by Crippen LogP contribution is 2.40. The van der Waals surface area contributed by atoms with Crippen LogP contribution in [0.1, 0.15) is 39.2 Å². The Labute approximate surface area is 110 Å². The predicted octanol–water partition coefficient (Wildman–Crippen LogP) is 3.86. The summed E-state index contributed by atoms with van der Waals surface area (Å²) in [5.74, 6) is 2.51. The van der Waals surface area contributed by atoms with E-state index >= 15 is 0 Å². The van der Waals surface area contributed by atoms with Gasteiger partial charge in [-0.1, -0.05) is 26.8 Å². The fourth-order valence-corrected chi connectivity index (χ4v) is 3.50. The summed E-state index contributed by atoms with van der Waals surface area (Å²) >= 11 is 0. The van der Waals surface area contributed by atoms with Crippen LogP contribution in [-0.4, -0.2) is 12.1 Å². The van der Waals surface area contributed by atoms with E-state index in [-0.39, 0.29) is 0 Å². The second-order valence-corrected chi connectivity index (χ2v) is 6.06. The van der Waals surface area contributed by atoms with Gasteiger partial charge in [0.05, 0.1) is 11.7 Å². The number of benzene rings is 1. The van der Waals surface area contributed by atoms with E-state index in [2.05, 4.69) is 44.3 Å². The SMILES string of the molecule is CCc1ccc2c(c1)NC1C(C)CC(C)CC1O2. The number of hydrogen-bond donors (Lipinski definition) is 1. The molecule has 2 aliphatic rings. The fourth-order valence-electron chi connectivity index (χ4n) is 3.50. The molecule has 1 aliphatic carbocycles. The molecule has 0 amide bonds. The molecule has 1 heterocycles. The Morgan fingerprint density at radius 3 is 2.89 bits per heavy atom. The maximum absolute atomic E-state index is 6.21. The fraction of sp³-hybridized carbons (Fsp3) is 0.625. The van der Waals surface area contributed by atoms with Crippen molar-refractivity contribution in [3.63, 3.8) is 0 Å². The van der Waals surface area contributed by atoms with Gasteiger partial charge in [-0.2, -0.15) is 0 Å². The van der Waals surface area contributed by atoms with Crippen LogP contribution in [0.25, 0.3) is 0 Å². The summed E-state index contributed by atoms with van der Waals surface area (Å²) in [4.78, 5) is 0. The number of nitrogens with one attached hydrogen (secondary N) is 1. The summed E-state index contributed by atoms with van der Waals surface area (Å²) in [5, 5.41) is 3.72. The van der Waals surface area contributed by atoms with Crippen molar-refractivity contribution in [1.82, 2.24) is 0 Å². The number of anilines is 1. The quantitative estimate of drug-likeness (QED) is 0.811. The number of aryl methyl sites for hydroxylation is 1. The Morgan fingerprint density at radius 1 is 1.28 bits per heavy atom. The largest absolute Gasteiger partial charge is 0.486 e. The van der Waals surface area contributed by atoms with Gasteiger partial charge in [0.2, 0.25) is 0 Å². The van der Waals surface area contributed by atoms with Gasteiger partial charge >= 0.3 is 0 Å². The average Bonchev–Trinajstić information content (AvgIpc) is 2.36. The summed E-state index contributed by atoms with van der Waals surface area (Å²) in [5.41, 5.74) is 2.57. The first-order valence-electron chi connectivity index (χ1n) is 7.23. The van der Waals surface area contributed by atoms with Crippen LogP contribution in [0.4, 0.5) is 5.69 Å². The van der Waals surface area contributed by atoms with Crippen LogP contribution >= 0.6 is 0 Å². The summed E-state index contributed by atoms with van der Waals surface area (Å²) in [7, 11) is 0. The molecule has 98 valence electrons. The molecule has 0 radical (unpaired) electrons. The molecule has 4 atom stereocenters. The molecule has 18 heavy (non-hydrogen) atoms. The zero-order valence-electron chi connectivity index (χ0n) is 11.6. The van der Waals surface area contributed by atoms with Gasteiger partial charge < -0.3 is 10.1 Å². The number of fused-ring (bicyclic) bond motifs is 2. The van der Waals surface area contributed by atoms with Gasteiger partial charge in [0.25, 0.3) is 0 Å². The molecule has 0 bridgehead atoms. The van der Waals surface area contributed by atoms with Crippen LogP contribution in [0.3, 0.4) is 0 Å². The third-order valence-corrected chi connectivity index (χ3v) is 4.48. The lowest BCUT2D eigenvalue weighted by molar-refractivity contribution is 0.0776. The average molecular weight is 245 g/mol. The molecule has 0 aromatic heterocycles. The molecular weight excluding hydrogens is 222 g/mol. The molecule has 3 rings (SSSR count). The molecule has 0 spiro atoms. The van der Waals surface area contributed by atoms with Crippen LogP contribution in [0.5, 0.6) is 5.75 Å². The van der Waals surface area contributed by atoms with Crippen molar-refractivity contribution in [2.24, 2.45) is 11.8 Å². The van der Waals surface area contributed by atoms with E-state index in [4.69, 9.17) is 4.74 Å². The lowest BCUT2D eigenvalue weighted by Crippen LogP contribution is -2.49. The first kappa shape index (κ1) is 11.9. The van der Waals surface area contributed by atoms with E-state index in [9.17, 15) is 0 Å². The Hall–Kier alpha value is -1.18. The summed E-state index contributed by atoms with van der Waals surface area (Å²) in [6.07, 6.45) is 3.91. The number of hydrogen-bond acceptors (Lipinski definition) is 2. The highest BCUT2D eigenvalue weighted by atomic mass is 16.5. The van der Waals surface area contributed by atoms with Crippen LogP contribution < -0.4 is 10.1 Å². The van der Waals surface area contributed by atoms with E-state index in [1.807, 2.05) is 0 Å². The van der Waals surface area contributed by atoms with Crippen molar-refractivity contribution < 1.29 is 4.74 Å². The van der Waals surface area contributed by atoms with E-state index in [0.717, 1.165) is 18.1 Å². The smallest absolute Gasteiger partial charge is 0.142 e. The van der Waals surface area contributed by atoms with E-state index < -0.39 is 0 Å². The Bertz CT molecular complexity index is 443. The predicted molar refractivity (Wildman–Crippen MR) is 75.2 cm³/mol. The Kier molecular flexibility index (Phi) is 2.96. The van der Waals surface area contributed by atoms with Crippen molar-refractivity contribution in [3.05, 3.63) is 23.8 Å². The summed E-state index contributed by atoms with van der Waals surface area (Å²) in [6.45, 7) is 6.88. The second-order valence-electron chi connectivity index (χ2n) is 6.06. The van der Waals surface area contributed by atoms with Crippen LogP contribution in [0.15, 0.2) is 18.2 Å². The third-order valence-electron chi connectivity index (χ3n) is 4.48. The molecule has 1 aromatic carbocycles. The molecule has 0 saturated heterocycles. The summed E-state index contributed by atoms with van der Waals surface area (Å²) in [6, 6.07) is 7.04. The molecule has 1 saturated carbocycles. The lowest BCUT2D eigenvalue weighted by atomic mass is 9.77. The van der Waals surface area contributed by atoms with Gasteiger partial charge in [0.15, 0.2) is 0 Å². The summed E-state index contributed by atoms with van der Waals surface area (Å²) < 4.78 is 6.21. The monoisotopic (exact) mass is 245 g/mol. The van der Waals surface area contributed by atoms with Crippen molar-refractivity contribution in [2.75, 3.05) is 5.32 Å². The van der Waals surface area contributed by atoms with Crippen molar-refractivity contribution in [2.45, 2.75) is 52.2 Å². The molecular formula is C16H23NO. The molecule has 1 N–H and O–H groups in total. The first-order valence-corrected chi connectivity index (χ1v) is 7.23. The zero-order valence-corrected chi connectivity index (χ0v) is 11.6. The molecule has 4 unspecified atom stereocenters. The Balaban J connectivity index is 1.89. The van der Waals surface area contributed by atoms with E-state index in [0.29, 0.717) is 18.1 Å². The van der Waals surface area contributed by atoms with Crippen molar-refractivity contribution in [1.29, 1.82) is 0 Å². The number of rotatable bonds is 1. The van der Waals surface area contributed by atoms with Gasteiger partial charge in [0, 0.05) is 0 Å². The van der Waals surface area contributed by atoms with Gasteiger partial charge in [-0.05, 0) is 48.8 Å². The maximum Gasteiger partial charge on any atom is 0.142 e. The highest BCUT2D eigenvalue weighted by Gasteiger charge is 2.38. The van der Waals surface area contributed by atoms with Crippen molar-refractivity contribution in [3.8, 4) is 5.75 Å². The normalized spacial score (nSPS) is 33.9. The van der Waals surface area contributed by atoms with Gasteiger partial charge in [-0.25, -0.2) is 0 Å². The highest BCUT2D eigenvalue weighted by molar-refractivity contribution is 5.60. The van der Waals surface area contributed by atoms with E-state index in [1.54, 1.807) is 0 Å². The van der Waals surface area contributed by atoms with Crippen LogP contribution in [0, 0.1) is 11.8 Å². The van der Waals surface area contributed by atoms with Crippen molar-refractivity contribution >= 4 is 5.69 Å².